The van der Waals surface area contributed by atoms with Crippen molar-refractivity contribution in [2.45, 2.75) is 32.2 Å². The largest absolute Gasteiger partial charge is 0.573 e. The number of halogens is 3. The molecule has 2 aromatic carbocycles. The van der Waals surface area contributed by atoms with Crippen LogP contribution in [0.5, 0.6) is 5.75 Å². The molecule has 0 saturated carbocycles. The summed E-state index contributed by atoms with van der Waals surface area (Å²) < 4.78 is 53.4. The van der Waals surface area contributed by atoms with Crippen molar-refractivity contribution in [3.05, 3.63) is 89.9 Å². The van der Waals surface area contributed by atoms with Crippen molar-refractivity contribution in [3.8, 4) is 5.75 Å². The lowest BCUT2D eigenvalue weighted by molar-refractivity contribution is -0.274. The number of nitrogens with two attached hydrogens (primary N) is 1. The number of benzene rings is 2. The number of anilines is 1. The van der Waals surface area contributed by atoms with Crippen LogP contribution in [0.1, 0.15) is 40.0 Å². The van der Waals surface area contributed by atoms with Crippen molar-refractivity contribution in [2.75, 3.05) is 31.6 Å². The Balaban J connectivity index is 1.05. The first kappa shape index (κ1) is 30.7. The van der Waals surface area contributed by atoms with Crippen LogP contribution in [0, 0.1) is 0 Å². The van der Waals surface area contributed by atoms with Gasteiger partial charge in [-0.2, -0.15) is 0 Å². The van der Waals surface area contributed by atoms with Crippen LogP contribution in [-0.4, -0.2) is 53.5 Å². The van der Waals surface area contributed by atoms with E-state index in [9.17, 15) is 18.0 Å². The maximum atomic E-state index is 12.8. The summed E-state index contributed by atoms with van der Waals surface area (Å²) in [5, 5.41) is 9.27. The number of unbranched alkanes of at least 4 members (excludes halogenated alkanes) is 1. The summed E-state index contributed by atoms with van der Waals surface area (Å²) in [5.41, 5.74) is 8.38. The Labute approximate surface area is 250 Å². The van der Waals surface area contributed by atoms with Crippen LogP contribution in [0.4, 0.5) is 19.0 Å². The van der Waals surface area contributed by atoms with E-state index in [1.54, 1.807) is 24.5 Å². The molecule has 0 radical (unpaired) electrons. The van der Waals surface area contributed by atoms with Crippen LogP contribution in [-0.2, 0) is 17.7 Å². The van der Waals surface area contributed by atoms with Crippen LogP contribution >= 0.6 is 0 Å². The minimum atomic E-state index is -4.78. The quantitative estimate of drug-likeness (QED) is 0.106. The predicted octanol–water partition coefficient (Wildman–Crippen LogP) is 5.36. The van der Waals surface area contributed by atoms with Crippen LogP contribution in [0.3, 0.4) is 0 Å². The Hall–Kier alpha value is -4.75. The van der Waals surface area contributed by atoms with E-state index >= 15 is 0 Å². The number of nitrogens with one attached hydrogen (secondary N) is 2. The monoisotopic (exact) mass is 608 g/mol. The van der Waals surface area contributed by atoms with Gasteiger partial charge < -0.3 is 30.3 Å². The Morgan fingerprint density at radius 3 is 2.64 bits per heavy atom. The van der Waals surface area contributed by atoms with E-state index in [-0.39, 0.29) is 5.75 Å². The van der Waals surface area contributed by atoms with E-state index in [0.29, 0.717) is 73.0 Å². The van der Waals surface area contributed by atoms with Crippen molar-refractivity contribution >= 4 is 33.4 Å². The van der Waals surface area contributed by atoms with Gasteiger partial charge in [0.2, 0.25) is 5.91 Å². The summed E-state index contributed by atoms with van der Waals surface area (Å²) in [6, 6.07) is 11.6. The minimum absolute atomic E-state index is 0.267. The fraction of sp³-hybridized carbons (Fsp3) is 0.290. The molecule has 0 fully saturated rings. The molecule has 3 heterocycles. The third-order valence-corrected chi connectivity index (χ3v) is 6.77. The second-order valence-corrected chi connectivity index (χ2v) is 10.1. The lowest BCUT2D eigenvalue weighted by atomic mass is 10.1. The van der Waals surface area contributed by atoms with Crippen LogP contribution < -0.4 is 21.1 Å². The zero-order valence-corrected chi connectivity index (χ0v) is 23.7. The summed E-state index contributed by atoms with van der Waals surface area (Å²) >= 11 is 0. The Kier molecular flexibility index (Phi) is 9.87. The fourth-order valence-electron chi connectivity index (χ4n) is 4.83. The van der Waals surface area contributed by atoms with E-state index in [0.717, 1.165) is 29.0 Å². The molecule has 0 aliphatic rings. The lowest BCUT2D eigenvalue weighted by Crippen LogP contribution is -2.18. The molecule has 1 amide bonds. The zero-order chi connectivity index (χ0) is 30.9. The van der Waals surface area contributed by atoms with Gasteiger partial charge in [0, 0.05) is 60.2 Å². The van der Waals surface area contributed by atoms with Crippen molar-refractivity contribution in [1.82, 2.24) is 20.3 Å². The van der Waals surface area contributed by atoms with Crippen molar-refractivity contribution in [3.63, 3.8) is 0 Å². The average Bonchev–Trinajstić information content (AvgIpc) is 3.49. The molecule has 5 aromatic rings. The first-order chi connectivity index (χ1) is 21.2. The van der Waals surface area contributed by atoms with Gasteiger partial charge in [-0.05, 0) is 60.8 Å². The molecule has 0 unspecified atom stereocenters. The number of aromatic nitrogens is 3. The summed E-state index contributed by atoms with van der Waals surface area (Å²) in [6.45, 7) is 2.59. The number of carbonyl (C=O) groups excluding carboxylic acids is 1. The van der Waals surface area contributed by atoms with E-state index in [2.05, 4.69) is 25.3 Å². The maximum Gasteiger partial charge on any atom is 0.573 e. The Morgan fingerprint density at radius 1 is 0.977 bits per heavy atom. The third-order valence-electron chi connectivity index (χ3n) is 6.77. The number of nitrogens with zero attached hydrogens (tertiary/aromatic N) is 3. The van der Waals surface area contributed by atoms with Gasteiger partial charge >= 0.3 is 6.36 Å². The Morgan fingerprint density at radius 2 is 1.84 bits per heavy atom. The lowest BCUT2D eigenvalue weighted by Gasteiger charge is -2.13. The smallest absolute Gasteiger partial charge is 0.451 e. The van der Waals surface area contributed by atoms with E-state index in [4.69, 9.17) is 19.9 Å². The highest BCUT2D eigenvalue weighted by Crippen LogP contribution is 2.29. The van der Waals surface area contributed by atoms with E-state index in [1.165, 1.54) is 24.8 Å². The highest BCUT2D eigenvalue weighted by atomic mass is 19.4. The average molecular weight is 609 g/mol. The highest BCUT2D eigenvalue weighted by Gasteiger charge is 2.31. The number of rotatable bonds is 15. The SMILES string of the molecule is NC(=O)c1ccc2c(c1)nc(NCCOCCCCNCc1cc(Cc3cocn3)cc(OC(F)(F)F)c1)c1ccncc12. The first-order valence-corrected chi connectivity index (χ1v) is 14.0. The molecule has 0 aliphatic heterocycles. The molecule has 0 saturated heterocycles. The number of primary amides is 1. The number of carbonyl (C=O) groups is 1. The standard InChI is InChI=1S/C31H31F3N6O4/c32-31(33,34)44-24-13-20(12-23-18-43-19-39-23)11-21(14-24)16-36-6-1-2-9-42-10-8-38-30-26-5-7-37-17-27(26)25-4-3-22(29(35)41)15-28(25)40-30/h3-5,7,11,13-15,17-19,36H,1-2,6,8-10,12,16H2,(H2,35,41)(H,38,40). The molecule has 5 rings (SSSR count). The number of fused-ring (bicyclic) bond motifs is 3. The molecule has 4 N–H and O–H groups in total. The molecule has 0 aliphatic carbocycles. The first-order valence-electron chi connectivity index (χ1n) is 14.0. The molecule has 0 atom stereocenters. The molecule has 44 heavy (non-hydrogen) atoms. The predicted molar refractivity (Wildman–Crippen MR) is 158 cm³/mol. The summed E-state index contributed by atoms with van der Waals surface area (Å²) in [4.78, 5) is 24.6. The number of amides is 1. The Bertz CT molecular complexity index is 1710. The van der Waals surface area contributed by atoms with Crippen LogP contribution in [0.25, 0.3) is 21.7 Å². The van der Waals surface area contributed by atoms with E-state index < -0.39 is 12.3 Å². The van der Waals surface area contributed by atoms with Crippen LogP contribution in [0.2, 0.25) is 0 Å². The van der Waals surface area contributed by atoms with Crippen molar-refractivity contribution in [2.24, 2.45) is 5.73 Å². The molecule has 13 heteroatoms. The van der Waals surface area contributed by atoms with Crippen molar-refractivity contribution < 1.29 is 31.9 Å². The topological polar surface area (TPSA) is 137 Å². The number of ether oxygens (including phenoxy) is 2. The molecule has 230 valence electrons. The maximum absolute atomic E-state index is 12.8. The van der Waals surface area contributed by atoms with Gasteiger partial charge in [0.15, 0.2) is 6.39 Å². The second-order valence-electron chi connectivity index (χ2n) is 10.1. The van der Waals surface area contributed by atoms with Crippen LogP contribution in [0.15, 0.2) is 71.9 Å². The molecule has 0 spiro atoms. The number of hydrogen-bond acceptors (Lipinski definition) is 9. The molecule has 0 bridgehead atoms. The second kappa shape index (κ2) is 14.1. The minimum Gasteiger partial charge on any atom is -0.451 e. The van der Waals surface area contributed by atoms with Gasteiger partial charge in [-0.15, -0.1) is 13.2 Å². The highest BCUT2D eigenvalue weighted by molar-refractivity contribution is 6.11. The number of oxazole rings is 1. The molecule has 3 aromatic heterocycles. The molecule has 10 nitrogen and oxygen atoms in total. The number of alkyl halides is 3. The molecular weight excluding hydrogens is 577 g/mol. The van der Waals surface area contributed by atoms with Crippen molar-refractivity contribution in [1.29, 1.82) is 0 Å². The van der Waals surface area contributed by atoms with Gasteiger partial charge in [-0.25, -0.2) is 9.97 Å². The normalized spacial score (nSPS) is 11.7. The van der Waals surface area contributed by atoms with Gasteiger partial charge in [0.1, 0.15) is 17.8 Å². The van der Waals surface area contributed by atoms with Gasteiger partial charge in [-0.1, -0.05) is 12.1 Å². The van der Waals surface area contributed by atoms with Gasteiger partial charge in [-0.3, -0.25) is 9.78 Å². The third kappa shape index (κ3) is 8.42. The zero-order valence-electron chi connectivity index (χ0n) is 23.7. The number of pyridine rings is 2. The molecular formula is C31H31F3N6O4. The summed E-state index contributed by atoms with van der Waals surface area (Å²) in [7, 11) is 0. The summed E-state index contributed by atoms with van der Waals surface area (Å²) in [5.74, 6) is -0.120. The van der Waals surface area contributed by atoms with Gasteiger partial charge in [0.25, 0.3) is 0 Å². The summed E-state index contributed by atoms with van der Waals surface area (Å²) in [6.07, 6.45) is 3.38. The van der Waals surface area contributed by atoms with E-state index in [1.807, 2.05) is 18.2 Å². The number of hydrogen-bond donors (Lipinski definition) is 3. The van der Waals surface area contributed by atoms with Gasteiger partial charge in [0.05, 0.1) is 17.8 Å². The fourth-order valence-corrected chi connectivity index (χ4v) is 4.83.